The average Bonchev–Trinajstić information content (AvgIpc) is 3.10. The van der Waals surface area contributed by atoms with Gasteiger partial charge in [0, 0.05) is 17.5 Å². The fourth-order valence-corrected chi connectivity index (χ4v) is 4.06. The molecule has 2 aromatic carbocycles. The van der Waals surface area contributed by atoms with Crippen LogP contribution in [-0.2, 0) is 4.79 Å². The topological polar surface area (TPSA) is 84.2 Å². The molecule has 0 spiro atoms. The summed E-state index contributed by atoms with van der Waals surface area (Å²) in [5.41, 5.74) is 2.02. The second-order valence-electron chi connectivity index (χ2n) is 7.21. The summed E-state index contributed by atoms with van der Waals surface area (Å²) in [7, 11) is 0. The fraction of sp³-hybridized carbons (Fsp3) is 0.238. The van der Waals surface area contributed by atoms with Gasteiger partial charge in [0.15, 0.2) is 11.5 Å². The normalized spacial score (nSPS) is 17.1. The molecule has 7 nitrogen and oxygen atoms in total. The van der Waals surface area contributed by atoms with Gasteiger partial charge in [-0.15, -0.1) is 5.10 Å². The summed E-state index contributed by atoms with van der Waals surface area (Å²) in [4.78, 5) is 21.9. The van der Waals surface area contributed by atoms with Gasteiger partial charge in [-0.1, -0.05) is 41.4 Å². The number of halogens is 2. The second kappa shape index (κ2) is 7.74. The van der Waals surface area contributed by atoms with Crippen molar-refractivity contribution >= 4 is 51.6 Å². The number of carbonyl (C=O) groups is 1. The van der Waals surface area contributed by atoms with E-state index < -0.39 is 0 Å². The third-order valence-corrected chi connectivity index (χ3v) is 6.03. The summed E-state index contributed by atoms with van der Waals surface area (Å²) in [6.45, 7) is 0.693. The number of carbonyl (C=O) groups excluding carboxylic acids is 1. The second-order valence-corrected chi connectivity index (χ2v) is 7.99. The molecule has 152 valence electrons. The van der Waals surface area contributed by atoms with Crippen LogP contribution < -0.4 is 10.6 Å². The Hall–Kier alpha value is -2.90. The van der Waals surface area contributed by atoms with Crippen molar-refractivity contribution in [2.75, 3.05) is 11.9 Å². The van der Waals surface area contributed by atoms with Crippen molar-refractivity contribution in [3.8, 4) is 11.4 Å². The maximum absolute atomic E-state index is 12.4. The van der Waals surface area contributed by atoms with E-state index >= 15 is 0 Å². The Bertz CT molecular complexity index is 1270. The predicted octanol–water partition coefficient (Wildman–Crippen LogP) is 4.33. The van der Waals surface area contributed by atoms with Gasteiger partial charge in [-0.25, -0.2) is 9.97 Å². The molecule has 1 aliphatic rings. The summed E-state index contributed by atoms with van der Waals surface area (Å²) < 4.78 is 1.63. The van der Waals surface area contributed by atoms with Crippen LogP contribution in [0.1, 0.15) is 19.3 Å². The van der Waals surface area contributed by atoms with E-state index in [-0.39, 0.29) is 11.9 Å². The monoisotopic (exact) mass is 440 g/mol. The molecule has 1 atom stereocenters. The molecule has 5 rings (SSSR count). The molecule has 0 unspecified atom stereocenters. The van der Waals surface area contributed by atoms with E-state index in [9.17, 15) is 4.79 Å². The molecule has 9 heteroatoms. The van der Waals surface area contributed by atoms with Gasteiger partial charge in [-0.05, 0) is 43.5 Å². The summed E-state index contributed by atoms with van der Waals surface area (Å²) in [6.07, 6.45) is 2.64. The first kappa shape index (κ1) is 19.1. The molecular formula is C21H18Cl2N6O. The van der Waals surface area contributed by atoms with Crippen molar-refractivity contribution < 1.29 is 4.79 Å². The molecule has 1 saturated heterocycles. The highest BCUT2D eigenvalue weighted by Gasteiger charge is 2.23. The van der Waals surface area contributed by atoms with Gasteiger partial charge in [0.05, 0.1) is 15.6 Å². The van der Waals surface area contributed by atoms with Crippen molar-refractivity contribution in [2.45, 2.75) is 25.3 Å². The molecule has 30 heavy (non-hydrogen) atoms. The van der Waals surface area contributed by atoms with Crippen LogP contribution in [-0.4, -0.2) is 38.1 Å². The molecule has 0 radical (unpaired) electrons. The van der Waals surface area contributed by atoms with Crippen LogP contribution in [0.5, 0.6) is 0 Å². The van der Waals surface area contributed by atoms with Gasteiger partial charge < -0.3 is 10.6 Å². The zero-order chi connectivity index (χ0) is 20.7. The van der Waals surface area contributed by atoms with Gasteiger partial charge in [-0.3, -0.25) is 4.79 Å². The lowest BCUT2D eigenvalue weighted by molar-refractivity contribution is -0.121. The van der Waals surface area contributed by atoms with Crippen molar-refractivity contribution in [3.05, 3.63) is 52.5 Å². The first-order valence-corrected chi connectivity index (χ1v) is 10.5. The summed E-state index contributed by atoms with van der Waals surface area (Å²) in [5, 5.41) is 12.5. The fourth-order valence-electron chi connectivity index (χ4n) is 3.67. The van der Waals surface area contributed by atoms with Crippen LogP contribution in [0.2, 0.25) is 10.0 Å². The number of para-hydroxylation sites is 1. The molecule has 1 aliphatic heterocycles. The zero-order valence-corrected chi connectivity index (χ0v) is 17.4. The standard InChI is InChI=1S/C21H18Cl2N6O/c22-14-8-5-7-13(17(14)23)18-27-19-12-6-1-2-9-15(12)25-21(29(19)28-18)26-16-10-3-4-11-24-20(16)30/h1-2,5-9,16H,3-4,10-11H2,(H,24,30)(H,25,26)/t16-/m1/s1. The molecule has 2 aromatic heterocycles. The van der Waals surface area contributed by atoms with Crippen LogP contribution in [0.25, 0.3) is 27.9 Å². The molecule has 4 aromatic rings. The van der Waals surface area contributed by atoms with E-state index in [1.165, 1.54) is 0 Å². The highest BCUT2D eigenvalue weighted by Crippen LogP contribution is 2.33. The number of rotatable bonds is 3. The minimum atomic E-state index is -0.383. The molecule has 0 saturated carbocycles. The number of fused-ring (bicyclic) bond motifs is 3. The van der Waals surface area contributed by atoms with Crippen LogP contribution in [0.3, 0.4) is 0 Å². The maximum Gasteiger partial charge on any atom is 0.242 e. The number of nitrogens with zero attached hydrogens (tertiary/aromatic N) is 4. The first-order chi connectivity index (χ1) is 14.6. The molecule has 1 fully saturated rings. The Balaban J connectivity index is 1.68. The summed E-state index contributed by atoms with van der Waals surface area (Å²) >= 11 is 12.6. The lowest BCUT2D eigenvalue weighted by atomic mass is 10.1. The van der Waals surface area contributed by atoms with Crippen molar-refractivity contribution in [1.29, 1.82) is 0 Å². The Labute approximate surface area is 182 Å². The van der Waals surface area contributed by atoms with Gasteiger partial charge in [-0.2, -0.15) is 4.52 Å². The number of aromatic nitrogens is 4. The van der Waals surface area contributed by atoms with Gasteiger partial charge in [0.25, 0.3) is 0 Å². The van der Waals surface area contributed by atoms with Gasteiger partial charge >= 0.3 is 0 Å². The summed E-state index contributed by atoms with van der Waals surface area (Å²) in [6, 6.07) is 12.7. The number of nitrogens with one attached hydrogen (secondary N) is 2. The number of hydrogen-bond donors (Lipinski definition) is 2. The van der Waals surface area contributed by atoms with Gasteiger partial charge in [0.1, 0.15) is 6.04 Å². The third kappa shape index (κ3) is 3.34. The van der Waals surface area contributed by atoms with E-state index in [4.69, 9.17) is 33.2 Å². The predicted molar refractivity (Wildman–Crippen MR) is 118 cm³/mol. The van der Waals surface area contributed by atoms with Crippen LogP contribution in [0.4, 0.5) is 5.95 Å². The highest BCUT2D eigenvalue weighted by atomic mass is 35.5. The van der Waals surface area contributed by atoms with Crippen molar-refractivity contribution in [3.63, 3.8) is 0 Å². The first-order valence-electron chi connectivity index (χ1n) is 9.76. The lowest BCUT2D eigenvalue weighted by Crippen LogP contribution is -2.38. The Kier molecular flexibility index (Phi) is 4.92. The number of benzene rings is 2. The van der Waals surface area contributed by atoms with E-state index in [0.717, 1.165) is 30.2 Å². The largest absolute Gasteiger partial charge is 0.354 e. The number of amides is 1. The maximum atomic E-state index is 12.4. The number of hydrogen-bond acceptors (Lipinski definition) is 5. The molecule has 0 aliphatic carbocycles. The highest BCUT2D eigenvalue weighted by molar-refractivity contribution is 6.43. The van der Waals surface area contributed by atoms with Crippen molar-refractivity contribution in [1.82, 2.24) is 24.9 Å². The Morgan fingerprint density at radius 3 is 2.83 bits per heavy atom. The molecule has 2 N–H and O–H groups in total. The lowest BCUT2D eigenvalue weighted by Gasteiger charge is -2.16. The third-order valence-electron chi connectivity index (χ3n) is 5.21. The quantitative estimate of drug-likeness (QED) is 0.495. The minimum Gasteiger partial charge on any atom is -0.354 e. The molecule has 1 amide bonds. The number of anilines is 1. The zero-order valence-electron chi connectivity index (χ0n) is 15.9. The van der Waals surface area contributed by atoms with E-state index in [1.54, 1.807) is 16.6 Å². The van der Waals surface area contributed by atoms with Crippen LogP contribution >= 0.6 is 23.2 Å². The summed E-state index contributed by atoms with van der Waals surface area (Å²) in [5.74, 6) is 0.866. The van der Waals surface area contributed by atoms with Gasteiger partial charge in [0.2, 0.25) is 11.9 Å². The van der Waals surface area contributed by atoms with Crippen LogP contribution in [0, 0.1) is 0 Å². The van der Waals surface area contributed by atoms with Crippen molar-refractivity contribution in [2.24, 2.45) is 0 Å². The molecular weight excluding hydrogens is 423 g/mol. The van der Waals surface area contributed by atoms with E-state index in [0.29, 0.717) is 39.6 Å². The average molecular weight is 441 g/mol. The smallest absolute Gasteiger partial charge is 0.242 e. The SMILES string of the molecule is O=C1NCCCC[C@H]1Nc1nc2ccccc2c2nc(-c3cccc(Cl)c3Cl)nn12. The molecule has 3 heterocycles. The van der Waals surface area contributed by atoms with E-state index in [2.05, 4.69) is 15.7 Å². The molecule has 0 bridgehead atoms. The minimum absolute atomic E-state index is 0.0335. The Morgan fingerprint density at radius 2 is 1.93 bits per heavy atom. The Morgan fingerprint density at radius 1 is 1.07 bits per heavy atom. The van der Waals surface area contributed by atoms with E-state index in [1.807, 2.05) is 30.3 Å². The van der Waals surface area contributed by atoms with Crippen LogP contribution in [0.15, 0.2) is 42.5 Å².